The number of benzene rings is 1. The Labute approximate surface area is 170 Å². The number of nitrogens with zero attached hydrogens (tertiary/aromatic N) is 2. The summed E-state index contributed by atoms with van der Waals surface area (Å²) in [6.07, 6.45) is 5.19. The molecule has 2 fully saturated rings. The average Bonchev–Trinajstić information content (AvgIpc) is 3.46. The van der Waals surface area contributed by atoms with E-state index in [0.717, 1.165) is 44.5 Å². The van der Waals surface area contributed by atoms with E-state index in [1.54, 1.807) is 17.2 Å². The van der Waals surface area contributed by atoms with E-state index in [0.29, 0.717) is 24.3 Å². The van der Waals surface area contributed by atoms with Crippen LogP contribution in [0.2, 0.25) is 0 Å². The Kier molecular flexibility index (Phi) is 5.64. The molecule has 1 aromatic carbocycles. The summed E-state index contributed by atoms with van der Waals surface area (Å²) in [6, 6.07) is 11.0. The number of rotatable bonds is 4. The maximum atomic E-state index is 12.9. The van der Waals surface area contributed by atoms with E-state index < -0.39 is 0 Å². The lowest BCUT2D eigenvalue weighted by atomic mass is 9.96. The topological polar surface area (TPSA) is 85.5 Å². The standard InChI is InChI=1S/C22H26N4O3/c27-20(24-18-8-2-1-3-9-18)16-7-6-12-26(15-16)21(28)17-13-19(23-14-17)22(29)25-10-4-5-11-25/h1-3,8-9,13-14,16,23H,4-7,10-12,15H2,(H,24,27)/t16-/m1/s1. The van der Waals surface area contributed by atoms with Gasteiger partial charge in [0.1, 0.15) is 5.69 Å². The molecule has 0 aliphatic carbocycles. The fourth-order valence-electron chi connectivity index (χ4n) is 4.06. The van der Waals surface area contributed by atoms with Gasteiger partial charge >= 0.3 is 0 Å². The van der Waals surface area contributed by atoms with Crippen molar-refractivity contribution in [2.75, 3.05) is 31.5 Å². The molecule has 3 heterocycles. The first kappa shape index (κ1) is 19.2. The van der Waals surface area contributed by atoms with Gasteiger partial charge in [0.15, 0.2) is 0 Å². The molecule has 1 aromatic heterocycles. The number of anilines is 1. The zero-order chi connectivity index (χ0) is 20.2. The first-order chi connectivity index (χ1) is 14.1. The number of aromatic amines is 1. The van der Waals surface area contributed by atoms with Crippen molar-refractivity contribution in [3.05, 3.63) is 53.9 Å². The third kappa shape index (κ3) is 4.34. The molecule has 7 nitrogen and oxygen atoms in total. The number of amides is 3. The van der Waals surface area contributed by atoms with E-state index in [4.69, 9.17) is 0 Å². The normalized spacial score (nSPS) is 19.2. The van der Waals surface area contributed by atoms with Crippen LogP contribution in [0.4, 0.5) is 5.69 Å². The molecule has 2 saturated heterocycles. The monoisotopic (exact) mass is 394 g/mol. The molecule has 2 aliphatic rings. The van der Waals surface area contributed by atoms with E-state index in [2.05, 4.69) is 10.3 Å². The van der Waals surface area contributed by atoms with Gasteiger partial charge in [-0.1, -0.05) is 18.2 Å². The van der Waals surface area contributed by atoms with Gasteiger partial charge in [-0.25, -0.2) is 0 Å². The molecule has 1 atom stereocenters. The molecule has 2 N–H and O–H groups in total. The van der Waals surface area contributed by atoms with Gasteiger partial charge in [-0.05, 0) is 43.9 Å². The molecule has 29 heavy (non-hydrogen) atoms. The Morgan fingerprint density at radius 3 is 2.41 bits per heavy atom. The molecule has 0 bridgehead atoms. The van der Waals surface area contributed by atoms with Crippen LogP contribution < -0.4 is 5.32 Å². The van der Waals surface area contributed by atoms with Crippen LogP contribution in [-0.4, -0.2) is 58.7 Å². The summed E-state index contributed by atoms with van der Waals surface area (Å²) in [5.41, 5.74) is 1.68. The van der Waals surface area contributed by atoms with Crippen molar-refractivity contribution in [1.82, 2.24) is 14.8 Å². The van der Waals surface area contributed by atoms with Crippen molar-refractivity contribution >= 4 is 23.4 Å². The minimum absolute atomic E-state index is 0.0553. The van der Waals surface area contributed by atoms with Crippen LogP contribution in [0.15, 0.2) is 42.6 Å². The lowest BCUT2D eigenvalue weighted by molar-refractivity contribution is -0.121. The van der Waals surface area contributed by atoms with Gasteiger partial charge in [0.2, 0.25) is 5.91 Å². The average molecular weight is 394 g/mol. The molecule has 0 radical (unpaired) electrons. The van der Waals surface area contributed by atoms with Crippen LogP contribution in [0.3, 0.4) is 0 Å². The number of H-pyrrole nitrogens is 1. The van der Waals surface area contributed by atoms with Crippen molar-refractivity contribution in [3.63, 3.8) is 0 Å². The summed E-state index contributed by atoms with van der Waals surface area (Å²) in [7, 11) is 0. The summed E-state index contributed by atoms with van der Waals surface area (Å²) in [5, 5.41) is 2.93. The Morgan fingerprint density at radius 1 is 0.931 bits per heavy atom. The van der Waals surface area contributed by atoms with Gasteiger partial charge in [-0.3, -0.25) is 14.4 Å². The molecule has 2 aliphatic heterocycles. The number of para-hydroxylation sites is 1. The van der Waals surface area contributed by atoms with Crippen molar-refractivity contribution < 1.29 is 14.4 Å². The van der Waals surface area contributed by atoms with Gasteiger partial charge in [-0.15, -0.1) is 0 Å². The lowest BCUT2D eigenvalue weighted by Crippen LogP contribution is -2.43. The molecule has 0 spiro atoms. The predicted octanol–water partition coefficient (Wildman–Crippen LogP) is 2.74. The third-order valence-electron chi connectivity index (χ3n) is 5.67. The van der Waals surface area contributed by atoms with Gasteiger partial charge < -0.3 is 20.1 Å². The van der Waals surface area contributed by atoms with Crippen LogP contribution in [0.5, 0.6) is 0 Å². The number of likely N-dealkylation sites (tertiary alicyclic amines) is 2. The predicted molar refractivity (Wildman–Crippen MR) is 110 cm³/mol. The number of carbonyl (C=O) groups excluding carboxylic acids is 3. The zero-order valence-corrected chi connectivity index (χ0v) is 16.4. The molecule has 152 valence electrons. The lowest BCUT2D eigenvalue weighted by Gasteiger charge is -2.31. The van der Waals surface area contributed by atoms with Crippen LogP contribution in [0.1, 0.15) is 46.5 Å². The van der Waals surface area contributed by atoms with E-state index in [-0.39, 0.29) is 23.6 Å². The van der Waals surface area contributed by atoms with Crippen LogP contribution in [0.25, 0.3) is 0 Å². The highest BCUT2D eigenvalue weighted by Crippen LogP contribution is 2.21. The number of nitrogens with one attached hydrogen (secondary N) is 2. The zero-order valence-electron chi connectivity index (χ0n) is 16.4. The van der Waals surface area contributed by atoms with E-state index >= 15 is 0 Å². The summed E-state index contributed by atoms with van der Waals surface area (Å²) < 4.78 is 0. The van der Waals surface area contributed by atoms with Crippen LogP contribution in [-0.2, 0) is 4.79 Å². The maximum absolute atomic E-state index is 12.9. The number of piperidine rings is 1. The van der Waals surface area contributed by atoms with Gasteiger partial charge in [0.25, 0.3) is 11.8 Å². The second-order valence-electron chi connectivity index (χ2n) is 7.75. The maximum Gasteiger partial charge on any atom is 0.270 e. The number of aromatic nitrogens is 1. The number of hydrogen-bond acceptors (Lipinski definition) is 3. The SMILES string of the molecule is O=C(Nc1ccccc1)[C@@H]1CCCN(C(=O)c2c[nH]c(C(=O)N3CCCC3)c2)C1. The minimum Gasteiger partial charge on any atom is -0.356 e. The van der Waals surface area contributed by atoms with Crippen molar-refractivity contribution in [2.24, 2.45) is 5.92 Å². The summed E-state index contributed by atoms with van der Waals surface area (Å²) in [6.45, 7) is 2.55. The molecule has 4 rings (SSSR count). The van der Waals surface area contributed by atoms with Gasteiger partial charge in [0.05, 0.1) is 11.5 Å². The molecule has 0 unspecified atom stereocenters. The first-order valence-electron chi connectivity index (χ1n) is 10.2. The summed E-state index contributed by atoms with van der Waals surface area (Å²) >= 11 is 0. The van der Waals surface area contributed by atoms with Gasteiger partial charge in [-0.2, -0.15) is 0 Å². The molecular formula is C22H26N4O3. The highest BCUT2D eigenvalue weighted by atomic mass is 16.2. The van der Waals surface area contributed by atoms with E-state index in [1.807, 2.05) is 35.2 Å². The largest absolute Gasteiger partial charge is 0.356 e. The second-order valence-corrected chi connectivity index (χ2v) is 7.75. The summed E-state index contributed by atoms with van der Waals surface area (Å²) in [4.78, 5) is 44.5. The van der Waals surface area contributed by atoms with E-state index in [9.17, 15) is 14.4 Å². The molecule has 0 saturated carbocycles. The Hall–Kier alpha value is -3.09. The van der Waals surface area contributed by atoms with Crippen LogP contribution in [0, 0.1) is 5.92 Å². The Balaban J connectivity index is 1.38. The molecular weight excluding hydrogens is 368 g/mol. The second kappa shape index (κ2) is 8.51. The highest BCUT2D eigenvalue weighted by Gasteiger charge is 2.30. The fourth-order valence-corrected chi connectivity index (χ4v) is 4.06. The number of hydrogen-bond donors (Lipinski definition) is 2. The smallest absolute Gasteiger partial charge is 0.270 e. The Morgan fingerprint density at radius 2 is 1.66 bits per heavy atom. The minimum atomic E-state index is -0.238. The quantitative estimate of drug-likeness (QED) is 0.836. The Bertz CT molecular complexity index is 886. The van der Waals surface area contributed by atoms with Crippen molar-refractivity contribution in [1.29, 1.82) is 0 Å². The van der Waals surface area contributed by atoms with E-state index in [1.165, 1.54) is 0 Å². The number of carbonyl (C=O) groups is 3. The van der Waals surface area contributed by atoms with Crippen molar-refractivity contribution in [3.8, 4) is 0 Å². The highest BCUT2D eigenvalue weighted by molar-refractivity contribution is 6.00. The summed E-state index contributed by atoms with van der Waals surface area (Å²) in [5.74, 6) is -0.496. The first-order valence-corrected chi connectivity index (χ1v) is 10.2. The third-order valence-corrected chi connectivity index (χ3v) is 5.67. The van der Waals surface area contributed by atoms with Crippen molar-refractivity contribution in [2.45, 2.75) is 25.7 Å². The molecule has 3 amide bonds. The van der Waals surface area contributed by atoms with Crippen LogP contribution >= 0.6 is 0 Å². The fraction of sp³-hybridized carbons (Fsp3) is 0.409. The molecule has 2 aromatic rings. The molecule has 7 heteroatoms. The van der Waals surface area contributed by atoms with Gasteiger partial charge in [0, 0.05) is 38.1 Å².